The van der Waals surface area contributed by atoms with Gasteiger partial charge in [-0.15, -0.1) is 0 Å². The highest BCUT2D eigenvalue weighted by molar-refractivity contribution is 6.34. The standard InChI is InChI=1S/C11H12ClN3O2/c12-7-5-8-10(17-11(16)14-8)6-9(7)15-3-1-13-2-4-15/h5-6,13H,1-4H2,(H,14,16). The number of benzene rings is 1. The predicted octanol–water partition coefficient (Wildman–Crippen LogP) is 1.18. The summed E-state index contributed by atoms with van der Waals surface area (Å²) >= 11 is 6.22. The van der Waals surface area contributed by atoms with Crippen LogP contribution in [0.5, 0.6) is 0 Å². The third-order valence-corrected chi connectivity index (χ3v) is 3.25. The molecule has 1 aromatic heterocycles. The Kier molecular flexibility index (Phi) is 2.57. The second kappa shape index (κ2) is 4.09. The van der Waals surface area contributed by atoms with E-state index in [1.165, 1.54) is 0 Å². The molecule has 0 unspecified atom stereocenters. The van der Waals surface area contributed by atoms with Gasteiger partial charge in [0.15, 0.2) is 5.58 Å². The van der Waals surface area contributed by atoms with Crippen LogP contribution >= 0.6 is 11.6 Å². The number of H-pyrrole nitrogens is 1. The van der Waals surface area contributed by atoms with Gasteiger partial charge < -0.3 is 14.6 Å². The number of hydrogen-bond acceptors (Lipinski definition) is 4. The molecule has 1 aliphatic rings. The van der Waals surface area contributed by atoms with Gasteiger partial charge in [-0.05, 0) is 6.07 Å². The second-order valence-corrected chi connectivity index (χ2v) is 4.46. The normalized spacial score (nSPS) is 16.6. The quantitative estimate of drug-likeness (QED) is 0.801. The monoisotopic (exact) mass is 253 g/mol. The zero-order valence-electron chi connectivity index (χ0n) is 9.12. The van der Waals surface area contributed by atoms with Crippen LogP contribution in [0.25, 0.3) is 11.1 Å². The third kappa shape index (κ3) is 1.92. The first-order valence-corrected chi connectivity index (χ1v) is 5.90. The molecule has 3 rings (SSSR count). The van der Waals surface area contributed by atoms with Gasteiger partial charge in [0.25, 0.3) is 0 Å². The van der Waals surface area contributed by atoms with Gasteiger partial charge in [0.2, 0.25) is 0 Å². The molecule has 0 aliphatic carbocycles. The number of nitrogens with one attached hydrogen (secondary N) is 2. The maximum Gasteiger partial charge on any atom is 0.417 e. The molecule has 0 atom stereocenters. The Morgan fingerprint density at radius 2 is 2.06 bits per heavy atom. The van der Waals surface area contributed by atoms with E-state index >= 15 is 0 Å². The number of piperazine rings is 1. The number of aromatic amines is 1. The van der Waals surface area contributed by atoms with E-state index in [-0.39, 0.29) is 0 Å². The second-order valence-electron chi connectivity index (χ2n) is 4.05. The number of oxazole rings is 1. The summed E-state index contributed by atoms with van der Waals surface area (Å²) in [4.78, 5) is 15.9. The van der Waals surface area contributed by atoms with Gasteiger partial charge in [0.1, 0.15) is 0 Å². The molecule has 6 heteroatoms. The summed E-state index contributed by atoms with van der Waals surface area (Å²) < 4.78 is 5.04. The molecule has 2 N–H and O–H groups in total. The average Bonchev–Trinajstić information content (AvgIpc) is 2.68. The van der Waals surface area contributed by atoms with Crippen molar-refractivity contribution in [3.63, 3.8) is 0 Å². The van der Waals surface area contributed by atoms with E-state index in [2.05, 4.69) is 15.2 Å². The fraction of sp³-hybridized carbons (Fsp3) is 0.364. The van der Waals surface area contributed by atoms with Crippen molar-refractivity contribution in [2.75, 3.05) is 31.1 Å². The molecule has 1 aromatic carbocycles. The molecule has 0 saturated carbocycles. The van der Waals surface area contributed by atoms with Gasteiger partial charge in [-0.3, -0.25) is 4.98 Å². The zero-order valence-corrected chi connectivity index (χ0v) is 9.88. The highest BCUT2D eigenvalue weighted by atomic mass is 35.5. The third-order valence-electron chi connectivity index (χ3n) is 2.95. The Hall–Kier alpha value is -1.46. The van der Waals surface area contributed by atoms with Gasteiger partial charge in [0, 0.05) is 32.2 Å². The van der Waals surface area contributed by atoms with Crippen LogP contribution in [0.1, 0.15) is 0 Å². The lowest BCUT2D eigenvalue weighted by atomic mass is 10.2. The Morgan fingerprint density at radius 1 is 1.29 bits per heavy atom. The first-order valence-electron chi connectivity index (χ1n) is 5.52. The fourth-order valence-electron chi connectivity index (χ4n) is 2.11. The number of anilines is 1. The molecule has 0 radical (unpaired) electrons. The fourth-order valence-corrected chi connectivity index (χ4v) is 2.39. The first kappa shape index (κ1) is 10.7. The van der Waals surface area contributed by atoms with E-state index in [9.17, 15) is 4.79 Å². The van der Waals surface area contributed by atoms with E-state index in [0.717, 1.165) is 31.9 Å². The van der Waals surface area contributed by atoms with Crippen LogP contribution in [-0.2, 0) is 0 Å². The summed E-state index contributed by atoms with van der Waals surface area (Å²) in [7, 11) is 0. The van der Waals surface area contributed by atoms with Crippen LogP contribution in [0.2, 0.25) is 5.02 Å². The van der Waals surface area contributed by atoms with Gasteiger partial charge in [-0.25, -0.2) is 4.79 Å². The maximum absolute atomic E-state index is 11.1. The summed E-state index contributed by atoms with van der Waals surface area (Å²) in [5.74, 6) is -0.450. The Bertz CT molecular complexity index is 598. The lowest BCUT2D eigenvalue weighted by Gasteiger charge is -2.30. The highest BCUT2D eigenvalue weighted by Crippen LogP contribution is 2.30. The van der Waals surface area contributed by atoms with Crippen molar-refractivity contribution in [3.8, 4) is 0 Å². The first-order chi connectivity index (χ1) is 8.24. The number of aromatic nitrogens is 1. The smallest absolute Gasteiger partial charge is 0.408 e. The van der Waals surface area contributed by atoms with Gasteiger partial charge in [0.05, 0.1) is 16.2 Å². The molecular weight excluding hydrogens is 242 g/mol. The van der Waals surface area contributed by atoms with E-state index in [1.54, 1.807) is 6.07 Å². The minimum absolute atomic E-state index is 0.450. The average molecular weight is 254 g/mol. The Balaban J connectivity index is 2.08. The molecule has 0 spiro atoms. The van der Waals surface area contributed by atoms with Crippen LogP contribution in [0.3, 0.4) is 0 Å². The minimum Gasteiger partial charge on any atom is -0.408 e. The molecule has 5 nitrogen and oxygen atoms in total. The van der Waals surface area contributed by atoms with Crippen LogP contribution in [-0.4, -0.2) is 31.2 Å². The van der Waals surface area contributed by atoms with Crippen molar-refractivity contribution in [1.29, 1.82) is 0 Å². The Labute approximate surface area is 102 Å². The topological polar surface area (TPSA) is 61.3 Å². The lowest BCUT2D eigenvalue weighted by Crippen LogP contribution is -2.43. The summed E-state index contributed by atoms with van der Waals surface area (Å²) in [6, 6.07) is 3.56. The SMILES string of the molecule is O=c1[nH]c2cc(Cl)c(N3CCNCC3)cc2o1. The van der Waals surface area contributed by atoms with Crippen molar-refractivity contribution in [3.05, 3.63) is 27.7 Å². The van der Waals surface area contributed by atoms with Crippen molar-refractivity contribution >= 4 is 28.4 Å². The van der Waals surface area contributed by atoms with E-state index < -0.39 is 5.76 Å². The number of fused-ring (bicyclic) bond motifs is 1. The summed E-state index contributed by atoms with van der Waals surface area (Å²) in [5.41, 5.74) is 2.11. The van der Waals surface area contributed by atoms with Crippen molar-refractivity contribution in [1.82, 2.24) is 10.3 Å². The summed E-state index contributed by atoms with van der Waals surface area (Å²) in [6.07, 6.45) is 0. The van der Waals surface area contributed by atoms with Gasteiger partial charge in [-0.1, -0.05) is 11.6 Å². The van der Waals surface area contributed by atoms with Gasteiger partial charge in [-0.2, -0.15) is 0 Å². The van der Waals surface area contributed by atoms with Crippen molar-refractivity contribution in [2.45, 2.75) is 0 Å². The lowest BCUT2D eigenvalue weighted by molar-refractivity contribution is 0.554. The van der Waals surface area contributed by atoms with Crippen LogP contribution in [0.4, 0.5) is 5.69 Å². The molecule has 0 bridgehead atoms. The number of nitrogens with zero attached hydrogens (tertiary/aromatic N) is 1. The molecule has 1 fully saturated rings. The number of rotatable bonds is 1. The van der Waals surface area contributed by atoms with E-state index in [1.807, 2.05) is 6.07 Å². The number of halogens is 1. The molecule has 2 aromatic rings. The summed E-state index contributed by atoms with van der Waals surface area (Å²) in [6.45, 7) is 3.68. The molecule has 90 valence electrons. The molecule has 2 heterocycles. The van der Waals surface area contributed by atoms with Crippen molar-refractivity contribution < 1.29 is 4.42 Å². The Morgan fingerprint density at radius 3 is 2.82 bits per heavy atom. The largest absolute Gasteiger partial charge is 0.417 e. The molecule has 17 heavy (non-hydrogen) atoms. The minimum atomic E-state index is -0.450. The van der Waals surface area contributed by atoms with Crippen molar-refractivity contribution in [2.24, 2.45) is 0 Å². The molecular formula is C11H12ClN3O2. The van der Waals surface area contributed by atoms with E-state index in [4.69, 9.17) is 16.0 Å². The zero-order chi connectivity index (χ0) is 11.8. The molecule has 1 saturated heterocycles. The molecule has 1 aliphatic heterocycles. The van der Waals surface area contributed by atoms with E-state index in [0.29, 0.717) is 16.1 Å². The number of hydrogen-bond donors (Lipinski definition) is 2. The summed E-state index contributed by atoms with van der Waals surface area (Å²) in [5, 5.41) is 3.92. The highest BCUT2D eigenvalue weighted by Gasteiger charge is 2.15. The van der Waals surface area contributed by atoms with Crippen LogP contribution in [0.15, 0.2) is 21.3 Å². The van der Waals surface area contributed by atoms with Crippen LogP contribution in [0, 0.1) is 0 Å². The van der Waals surface area contributed by atoms with Crippen LogP contribution < -0.4 is 16.0 Å². The maximum atomic E-state index is 11.1. The predicted molar refractivity (Wildman–Crippen MR) is 66.9 cm³/mol. The molecule has 0 amide bonds. The van der Waals surface area contributed by atoms with Gasteiger partial charge >= 0.3 is 5.76 Å².